The van der Waals surface area contributed by atoms with E-state index in [1.165, 1.54) is 6.07 Å². The van der Waals surface area contributed by atoms with Crippen molar-refractivity contribution in [3.05, 3.63) is 88.2 Å². The normalized spacial score (nSPS) is 16.8. The highest BCUT2D eigenvalue weighted by Crippen LogP contribution is 2.45. The summed E-state index contributed by atoms with van der Waals surface area (Å²) in [5.74, 6) is -0.234. The Morgan fingerprint density at radius 3 is 2.52 bits per heavy atom. The number of anilines is 1. The van der Waals surface area contributed by atoms with Crippen molar-refractivity contribution >= 4 is 29.1 Å². The van der Waals surface area contributed by atoms with Gasteiger partial charge in [0, 0.05) is 47.0 Å². The van der Waals surface area contributed by atoms with Crippen LogP contribution in [0.5, 0.6) is 11.5 Å². The number of benzene rings is 3. The van der Waals surface area contributed by atoms with Crippen LogP contribution in [0, 0.1) is 11.2 Å². The molecule has 0 bridgehead atoms. The number of amides is 2. The lowest BCUT2D eigenvalue weighted by molar-refractivity contribution is -0.138. The summed E-state index contributed by atoms with van der Waals surface area (Å²) >= 11 is 6.52. The number of nitrogens with one attached hydrogen (secondary N) is 1. The van der Waals surface area contributed by atoms with Gasteiger partial charge in [-0.3, -0.25) is 9.59 Å². The highest BCUT2D eigenvalue weighted by Gasteiger charge is 2.40. The molecule has 2 amide bonds. The fourth-order valence-electron chi connectivity index (χ4n) is 5.07. The molecule has 4 rings (SSSR count). The summed E-state index contributed by atoms with van der Waals surface area (Å²) in [5.41, 5.74) is 1.99. The highest BCUT2D eigenvalue weighted by atomic mass is 35.5. The van der Waals surface area contributed by atoms with Gasteiger partial charge in [0.15, 0.2) is 11.5 Å². The lowest BCUT2D eigenvalue weighted by Crippen LogP contribution is -2.45. The number of para-hydroxylation sites is 1. The predicted octanol–water partition coefficient (Wildman–Crippen LogP) is 6.00. The summed E-state index contributed by atoms with van der Waals surface area (Å²) in [6.07, 6.45) is -2.25. The molecule has 1 aliphatic heterocycles. The molecule has 1 heterocycles. The lowest BCUT2D eigenvalue weighted by Gasteiger charge is -2.31. The highest BCUT2D eigenvalue weighted by molar-refractivity contribution is 6.30. The van der Waals surface area contributed by atoms with Gasteiger partial charge in [-0.05, 0) is 49.8 Å². The van der Waals surface area contributed by atoms with Crippen LogP contribution in [0.1, 0.15) is 50.0 Å². The molecule has 0 spiro atoms. The number of halogens is 2. The number of methoxy groups -OCH3 is 1. The van der Waals surface area contributed by atoms with Crippen LogP contribution < -0.4 is 19.7 Å². The molecular weight excluding hydrogens is 585 g/mol. The van der Waals surface area contributed by atoms with Crippen molar-refractivity contribution in [1.29, 1.82) is 0 Å². The maximum atomic E-state index is 14.2. The van der Waals surface area contributed by atoms with Crippen LogP contribution in [-0.4, -0.2) is 63.7 Å². The molecular formula is C34H41ClFN3O5. The van der Waals surface area contributed by atoms with Gasteiger partial charge in [-0.25, -0.2) is 4.39 Å². The number of nitrogens with zero attached hydrogens (tertiary/aromatic N) is 2. The number of carbonyl (C=O) groups excluding carboxylic acids is 2. The third kappa shape index (κ3) is 8.28. The Morgan fingerprint density at radius 1 is 1.09 bits per heavy atom. The van der Waals surface area contributed by atoms with Gasteiger partial charge >= 0.3 is 0 Å². The molecule has 0 saturated heterocycles. The minimum Gasteiger partial charge on any atom is -0.492 e. The molecule has 1 N–H and O–H groups in total. The van der Waals surface area contributed by atoms with Crippen molar-refractivity contribution in [3.63, 3.8) is 0 Å². The molecule has 0 saturated carbocycles. The van der Waals surface area contributed by atoms with E-state index in [9.17, 15) is 14.0 Å². The summed E-state index contributed by atoms with van der Waals surface area (Å²) in [6.45, 7) is 7.59. The Bertz CT molecular complexity index is 1480. The fraction of sp³-hybridized carbons (Fsp3) is 0.412. The number of carbonyl (C=O) groups is 2. The Kier molecular flexibility index (Phi) is 10.9. The molecule has 0 aliphatic carbocycles. The Morgan fingerprint density at radius 2 is 1.84 bits per heavy atom. The minimum atomic E-state index is -1.16. The molecule has 3 aromatic carbocycles. The van der Waals surface area contributed by atoms with Gasteiger partial charge in [-0.1, -0.05) is 62.7 Å². The van der Waals surface area contributed by atoms with Crippen molar-refractivity contribution in [2.45, 2.75) is 45.9 Å². The van der Waals surface area contributed by atoms with E-state index in [4.69, 9.17) is 25.8 Å². The zero-order valence-corrected chi connectivity index (χ0v) is 26.9. The van der Waals surface area contributed by atoms with E-state index in [1.54, 1.807) is 42.3 Å². The third-order valence-electron chi connectivity index (χ3n) is 7.13. The number of likely N-dealkylation sites (N-methyl/N-ethyl adjacent to an activating group) is 1. The van der Waals surface area contributed by atoms with Crippen LogP contribution >= 0.6 is 11.6 Å². The Labute approximate surface area is 264 Å². The minimum absolute atomic E-state index is 0.0163. The predicted molar refractivity (Wildman–Crippen MR) is 170 cm³/mol. The smallest absolute Gasteiger partial charge is 0.256 e. The quantitative estimate of drug-likeness (QED) is 0.282. The van der Waals surface area contributed by atoms with Gasteiger partial charge < -0.3 is 29.3 Å². The van der Waals surface area contributed by atoms with Crippen molar-refractivity contribution in [2.75, 3.05) is 45.8 Å². The molecule has 44 heavy (non-hydrogen) atoms. The van der Waals surface area contributed by atoms with Crippen LogP contribution in [-0.2, 0) is 20.9 Å². The first-order chi connectivity index (χ1) is 20.9. The van der Waals surface area contributed by atoms with E-state index in [0.717, 1.165) is 0 Å². The summed E-state index contributed by atoms with van der Waals surface area (Å²) in [5, 5.41) is 3.21. The van der Waals surface area contributed by atoms with Crippen molar-refractivity contribution < 1.29 is 28.2 Å². The average molecular weight is 626 g/mol. The van der Waals surface area contributed by atoms with Gasteiger partial charge in [0.2, 0.25) is 5.91 Å². The standard InChI is InChI=1S/C34H41ClFN3O5/c1-34(2,3)21-39-27-15-14-23(35)18-25(27)31(24-11-9-13-28(32(24)42-6)43-17-16-38(4)5)44-29(33(39)41)19-30(40)37-20-22-10-7-8-12-26(22)36/h7-15,18,29,31H,16-17,19-21H2,1-6H3,(H,37,40). The molecule has 0 aromatic heterocycles. The van der Waals surface area contributed by atoms with Gasteiger partial charge in [0.05, 0.1) is 13.5 Å². The van der Waals surface area contributed by atoms with Crippen LogP contribution in [0.15, 0.2) is 60.7 Å². The van der Waals surface area contributed by atoms with Gasteiger partial charge in [0.25, 0.3) is 5.91 Å². The molecule has 0 fully saturated rings. The Hall–Kier alpha value is -3.66. The molecule has 1 aliphatic rings. The number of hydrogen-bond acceptors (Lipinski definition) is 6. The lowest BCUT2D eigenvalue weighted by atomic mass is 9.94. The number of hydrogen-bond donors (Lipinski definition) is 1. The van der Waals surface area contributed by atoms with Gasteiger partial charge in [-0.15, -0.1) is 0 Å². The molecule has 2 atom stereocenters. The number of fused-ring (bicyclic) bond motifs is 1. The number of ether oxygens (including phenoxy) is 3. The second kappa shape index (κ2) is 14.4. The van der Waals surface area contributed by atoms with E-state index in [2.05, 4.69) is 5.32 Å². The molecule has 8 nitrogen and oxygen atoms in total. The van der Waals surface area contributed by atoms with Crippen LogP contribution in [0.2, 0.25) is 5.02 Å². The van der Waals surface area contributed by atoms with Crippen LogP contribution in [0.25, 0.3) is 0 Å². The molecule has 0 radical (unpaired) electrons. The second-order valence-corrected chi connectivity index (χ2v) is 12.7. The summed E-state index contributed by atoms with van der Waals surface area (Å²) in [4.78, 5) is 31.1. The summed E-state index contributed by atoms with van der Waals surface area (Å²) in [7, 11) is 5.48. The van der Waals surface area contributed by atoms with E-state index in [0.29, 0.717) is 58.6 Å². The van der Waals surface area contributed by atoms with Crippen LogP contribution in [0.4, 0.5) is 10.1 Å². The first kappa shape index (κ1) is 33.2. The first-order valence-electron chi connectivity index (χ1n) is 14.6. The molecule has 2 unspecified atom stereocenters. The van der Waals surface area contributed by atoms with E-state index < -0.39 is 23.9 Å². The Balaban J connectivity index is 1.75. The van der Waals surface area contributed by atoms with E-state index >= 15 is 0 Å². The van der Waals surface area contributed by atoms with Crippen molar-refractivity contribution in [2.24, 2.45) is 5.41 Å². The van der Waals surface area contributed by atoms with E-state index in [-0.39, 0.29) is 24.3 Å². The second-order valence-electron chi connectivity index (χ2n) is 12.3. The first-order valence-corrected chi connectivity index (χ1v) is 15.0. The van der Waals surface area contributed by atoms with Gasteiger partial charge in [0.1, 0.15) is 24.6 Å². The number of rotatable bonds is 11. The summed E-state index contributed by atoms with van der Waals surface area (Å²) < 4.78 is 32.7. The topological polar surface area (TPSA) is 80.3 Å². The molecule has 10 heteroatoms. The maximum Gasteiger partial charge on any atom is 0.256 e. The zero-order chi connectivity index (χ0) is 32.0. The molecule has 236 valence electrons. The molecule has 3 aromatic rings. The average Bonchev–Trinajstić information content (AvgIpc) is 3.06. The SMILES string of the molecule is COc1c(OCCN(C)C)cccc1C1OC(CC(=O)NCc2ccccc2F)C(=O)N(CC(C)(C)C)c2ccc(Cl)cc21. The fourth-order valence-corrected chi connectivity index (χ4v) is 5.25. The summed E-state index contributed by atoms with van der Waals surface area (Å²) in [6, 6.07) is 17.1. The van der Waals surface area contributed by atoms with Gasteiger partial charge in [-0.2, -0.15) is 0 Å². The van der Waals surface area contributed by atoms with Crippen molar-refractivity contribution in [3.8, 4) is 11.5 Å². The van der Waals surface area contributed by atoms with E-state index in [1.807, 2.05) is 64.0 Å². The maximum absolute atomic E-state index is 14.2. The monoisotopic (exact) mass is 625 g/mol. The zero-order valence-electron chi connectivity index (χ0n) is 26.2. The van der Waals surface area contributed by atoms with Crippen molar-refractivity contribution in [1.82, 2.24) is 10.2 Å². The van der Waals surface area contributed by atoms with Crippen LogP contribution in [0.3, 0.4) is 0 Å². The third-order valence-corrected chi connectivity index (χ3v) is 7.37. The largest absolute Gasteiger partial charge is 0.492 e.